The molecular formula is C13H10F3N5OS. The lowest BCUT2D eigenvalue weighted by Gasteiger charge is -2.11. The van der Waals surface area contributed by atoms with Gasteiger partial charge in [0.2, 0.25) is 4.96 Å². The number of halogens is 3. The van der Waals surface area contributed by atoms with Gasteiger partial charge in [-0.3, -0.25) is 4.79 Å². The fourth-order valence-electron chi connectivity index (χ4n) is 1.96. The summed E-state index contributed by atoms with van der Waals surface area (Å²) in [6.45, 7) is 3.38. The second-order valence-corrected chi connectivity index (χ2v) is 5.79. The summed E-state index contributed by atoms with van der Waals surface area (Å²) in [4.78, 5) is 11.6. The highest BCUT2D eigenvalue weighted by Crippen LogP contribution is 2.29. The van der Waals surface area contributed by atoms with E-state index in [4.69, 9.17) is 0 Å². The largest absolute Gasteiger partial charge is 0.471 e. The molecule has 1 aromatic carbocycles. The molecule has 0 atom stereocenters. The van der Waals surface area contributed by atoms with E-state index in [-0.39, 0.29) is 5.69 Å². The second kappa shape index (κ2) is 5.30. The highest BCUT2D eigenvalue weighted by atomic mass is 32.1. The molecule has 0 aliphatic heterocycles. The third kappa shape index (κ3) is 2.89. The predicted octanol–water partition coefficient (Wildman–Crippen LogP) is 2.97. The molecule has 3 aromatic rings. The minimum atomic E-state index is -4.92. The lowest BCUT2D eigenvalue weighted by molar-refractivity contribution is -0.167. The Balaban J connectivity index is 1.91. The second-order valence-electron chi connectivity index (χ2n) is 4.83. The minimum Gasteiger partial charge on any atom is -0.318 e. The number of benzene rings is 1. The Morgan fingerprint density at radius 2 is 2.00 bits per heavy atom. The summed E-state index contributed by atoms with van der Waals surface area (Å²) in [5, 5.41) is 14.7. The zero-order valence-corrected chi connectivity index (χ0v) is 12.8. The first-order chi connectivity index (χ1) is 10.8. The number of fused-ring (bicyclic) bond motifs is 1. The fraction of sp³-hybridized carbons (Fsp3) is 0.231. The van der Waals surface area contributed by atoms with Gasteiger partial charge in [-0.2, -0.15) is 22.8 Å². The van der Waals surface area contributed by atoms with E-state index in [0.29, 0.717) is 21.4 Å². The standard InChI is InChI=1S/C13H10F3N5OS/c1-6-5-8(3-4-9(6)17-11(22)13(14,15)16)10-20-21-7(2)18-19-12(21)23-10/h3-5H,1-2H3,(H,17,22). The van der Waals surface area contributed by atoms with Gasteiger partial charge in [-0.15, -0.1) is 10.2 Å². The number of anilines is 1. The van der Waals surface area contributed by atoms with Crippen LogP contribution < -0.4 is 5.32 Å². The quantitative estimate of drug-likeness (QED) is 0.778. The third-order valence-corrected chi connectivity index (χ3v) is 4.07. The summed E-state index contributed by atoms with van der Waals surface area (Å²) >= 11 is 1.31. The third-order valence-electron chi connectivity index (χ3n) is 3.13. The van der Waals surface area contributed by atoms with E-state index >= 15 is 0 Å². The number of hydrogen-bond donors (Lipinski definition) is 1. The van der Waals surface area contributed by atoms with Crippen molar-refractivity contribution < 1.29 is 18.0 Å². The van der Waals surface area contributed by atoms with Crippen LogP contribution in [0.15, 0.2) is 18.2 Å². The molecule has 3 rings (SSSR count). The maximum Gasteiger partial charge on any atom is 0.471 e. The van der Waals surface area contributed by atoms with Crippen LogP contribution in [0.4, 0.5) is 18.9 Å². The molecule has 0 spiro atoms. The van der Waals surface area contributed by atoms with E-state index in [1.807, 2.05) is 5.32 Å². The van der Waals surface area contributed by atoms with E-state index in [1.54, 1.807) is 30.5 Å². The monoisotopic (exact) mass is 341 g/mol. The Labute approximate surface area is 132 Å². The van der Waals surface area contributed by atoms with Crippen LogP contribution in [0, 0.1) is 13.8 Å². The summed E-state index contributed by atoms with van der Waals surface area (Å²) in [5.74, 6) is -1.35. The van der Waals surface area contributed by atoms with E-state index < -0.39 is 12.1 Å². The molecule has 2 heterocycles. The average Bonchev–Trinajstić information content (AvgIpc) is 3.02. The van der Waals surface area contributed by atoms with E-state index in [9.17, 15) is 18.0 Å². The number of amides is 1. The number of aromatic nitrogens is 4. The first-order valence-electron chi connectivity index (χ1n) is 6.44. The number of aryl methyl sites for hydroxylation is 2. The first kappa shape index (κ1) is 15.4. The summed E-state index contributed by atoms with van der Waals surface area (Å²) < 4.78 is 38.5. The molecular weight excluding hydrogens is 331 g/mol. The van der Waals surface area contributed by atoms with Crippen molar-refractivity contribution >= 4 is 27.9 Å². The Kier molecular flexibility index (Phi) is 3.55. The van der Waals surface area contributed by atoms with Gasteiger partial charge in [-0.05, 0) is 37.6 Å². The molecule has 23 heavy (non-hydrogen) atoms. The van der Waals surface area contributed by atoms with Gasteiger partial charge in [0.15, 0.2) is 5.82 Å². The molecule has 2 aromatic heterocycles. The van der Waals surface area contributed by atoms with E-state index in [0.717, 1.165) is 5.56 Å². The summed E-state index contributed by atoms with van der Waals surface area (Å²) in [6, 6.07) is 4.68. The zero-order valence-electron chi connectivity index (χ0n) is 12.0. The average molecular weight is 341 g/mol. The number of carbonyl (C=O) groups is 1. The summed E-state index contributed by atoms with van der Waals surface area (Å²) in [6.07, 6.45) is -4.92. The van der Waals surface area contributed by atoms with Crippen LogP contribution in [0.25, 0.3) is 15.5 Å². The van der Waals surface area contributed by atoms with Crippen molar-refractivity contribution in [1.82, 2.24) is 19.8 Å². The molecule has 0 fully saturated rings. The molecule has 0 saturated heterocycles. The van der Waals surface area contributed by atoms with Crippen molar-refractivity contribution in [1.29, 1.82) is 0 Å². The lowest BCUT2D eigenvalue weighted by Crippen LogP contribution is -2.30. The Hall–Kier alpha value is -2.49. The molecule has 120 valence electrons. The van der Waals surface area contributed by atoms with Crippen LogP contribution in [0.3, 0.4) is 0 Å². The molecule has 0 aliphatic carbocycles. The van der Waals surface area contributed by atoms with Gasteiger partial charge in [0, 0.05) is 11.3 Å². The van der Waals surface area contributed by atoms with Crippen LogP contribution >= 0.6 is 11.3 Å². The Morgan fingerprint density at radius 1 is 1.26 bits per heavy atom. The highest BCUT2D eigenvalue weighted by molar-refractivity contribution is 7.19. The van der Waals surface area contributed by atoms with Crippen molar-refractivity contribution in [3.05, 3.63) is 29.6 Å². The van der Waals surface area contributed by atoms with Crippen LogP contribution in [0.2, 0.25) is 0 Å². The molecule has 0 bridgehead atoms. The Bertz CT molecular complexity index is 899. The number of alkyl halides is 3. The molecule has 6 nitrogen and oxygen atoms in total. The van der Waals surface area contributed by atoms with Gasteiger partial charge in [0.05, 0.1) is 0 Å². The number of hydrogen-bond acceptors (Lipinski definition) is 5. The van der Waals surface area contributed by atoms with Gasteiger partial charge < -0.3 is 5.32 Å². The van der Waals surface area contributed by atoms with Crippen molar-refractivity contribution in [2.45, 2.75) is 20.0 Å². The predicted molar refractivity (Wildman–Crippen MR) is 78.3 cm³/mol. The molecule has 0 saturated carbocycles. The lowest BCUT2D eigenvalue weighted by atomic mass is 10.1. The van der Waals surface area contributed by atoms with Gasteiger partial charge in [0.1, 0.15) is 5.01 Å². The topological polar surface area (TPSA) is 72.2 Å². The van der Waals surface area contributed by atoms with Gasteiger partial charge in [0.25, 0.3) is 0 Å². The first-order valence-corrected chi connectivity index (χ1v) is 7.25. The van der Waals surface area contributed by atoms with Gasteiger partial charge in [-0.25, -0.2) is 0 Å². The maximum absolute atomic E-state index is 12.3. The molecule has 0 aliphatic rings. The van der Waals surface area contributed by atoms with E-state index in [2.05, 4.69) is 15.3 Å². The SMILES string of the molecule is Cc1cc(-c2nn3c(C)nnc3s2)ccc1NC(=O)C(F)(F)F. The van der Waals surface area contributed by atoms with Crippen molar-refractivity contribution in [2.75, 3.05) is 5.32 Å². The normalized spacial score (nSPS) is 11.9. The maximum atomic E-state index is 12.3. The molecule has 1 amide bonds. The summed E-state index contributed by atoms with van der Waals surface area (Å²) in [5.41, 5.74) is 1.33. The van der Waals surface area contributed by atoms with E-state index in [1.165, 1.54) is 17.4 Å². The molecule has 1 N–H and O–H groups in total. The fourth-order valence-corrected chi connectivity index (χ4v) is 2.84. The molecule has 10 heteroatoms. The van der Waals surface area contributed by atoms with Gasteiger partial charge >= 0.3 is 12.1 Å². The minimum absolute atomic E-state index is 0.107. The summed E-state index contributed by atoms with van der Waals surface area (Å²) in [7, 11) is 0. The molecule has 0 unspecified atom stereocenters. The van der Waals surface area contributed by atoms with Crippen LogP contribution in [0.1, 0.15) is 11.4 Å². The highest BCUT2D eigenvalue weighted by Gasteiger charge is 2.38. The Morgan fingerprint density at radius 3 is 2.61 bits per heavy atom. The number of carbonyl (C=O) groups excluding carboxylic acids is 1. The van der Waals surface area contributed by atoms with Crippen LogP contribution in [-0.4, -0.2) is 31.9 Å². The smallest absolute Gasteiger partial charge is 0.318 e. The molecule has 0 radical (unpaired) electrons. The zero-order chi connectivity index (χ0) is 16.8. The number of nitrogens with zero attached hydrogens (tertiary/aromatic N) is 4. The number of nitrogens with one attached hydrogen (secondary N) is 1. The van der Waals surface area contributed by atoms with Crippen LogP contribution in [0.5, 0.6) is 0 Å². The van der Waals surface area contributed by atoms with Crippen molar-refractivity contribution in [2.24, 2.45) is 0 Å². The van der Waals surface area contributed by atoms with Crippen molar-refractivity contribution in [3.63, 3.8) is 0 Å². The van der Waals surface area contributed by atoms with Crippen LogP contribution in [-0.2, 0) is 4.79 Å². The van der Waals surface area contributed by atoms with Gasteiger partial charge in [-0.1, -0.05) is 11.3 Å². The number of rotatable bonds is 2. The van der Waals surface area contributed by atoms with Crippen molar-refractivity contribution in [3.8, 4) is 10.6 Å².